The van der Waals surface area contributed by atoms with Crippen LogP contribution in [-0.2, 0) is 4.79 Å². The van der Waals surface area contributed by atoms with E-state index in [0.717, 1.165) is 32.1 Å². The Balaban J connectivity index is 1.48. The Morgan fingerprint density at radius 2 is 2.25 bits per heavy atom. The van der Waals surface area contributed by atoms with E-state index in [-0.39, 0.29) is 24.5 Å². The zero-order valence-corrected chi connectivity index (χ0v) is 12.1. The molecule has 2 aliphatic carbocycles. The third-order valence-corrected chi connectivity index (χ3v) is 4.86. The SMILES string of the molecule is O=C(CSc1nnnn1C1CC1)NC1CCCC1CO. The van der Waals surface area contributed by atoms with Crippen molar-refractivity contribution in [3.63, 3.8) is 0 Å². The molecule has 8 heteroatoms. The van der Waals surface area contributed by atoms with Gasteiger partial charge in [0.05, 0.1) is 11.8 Å². The van der Waals surface area contributed by atoms with Gasteiger partial charge in [0.25, 0.3) is 0 Å². The topological polar surface area (TPSA) is 92.9 Å². The van der Waals surface area contributed by atoms with E-state index in [4.69, 9.17) is 0 Å². The number of rotatable bonds is 6. The predicted octanol–water partition coefficient (Wildman–Crippen LogP) is 0.377. The predicted molar refractivity (Wildman–Crippen MR) is 73.2 cm³/mol. The molecule has 1 amide bonds. The number of carbonyl (C=O) groups excluding carboxylic acids is 1. The molecule has 0 aliphatic heterocycles. The quantitative estimate of drug-likeness (QED) is 0.737. The van der Waals surface area contributed by atoms with Crippen LogP contribution in [0.15, 0.2) is 5.16 Å². The lowest BCUT2D eigenvalue weighted by Crippen LogP contribution is -2.39. The summed E-state index contributed by atoms with van der Waals surface area (Å²) in [6.45, 7) is 0.151. The molecule has 0 bridgehead atoms. The van der Waals surface area contributed by atoms with Gasteiger partial charge in [0.1, 0.15) is 0 Å². The van der Waals surface area contributed by atoms with Gasteiger partial charge in [-0.15, -0.1) is 5.10 Å². The van der Waals surface area contributed by atoms with Gasteiger partial charge in [0, 0.05) is 18.6 Å². The summed E-state index contributed by atoms with van der Waals surface area (Å²) in [5, 5.41) is 24.6. The van der Waals surface area contributed by atoms with Gasteiger partial charge < -0.3 is 10.4 Å². The molecule has 20 heavy (non-hydrogen) atoms. The first-order chi connectivity index (χ1) is 9.78. The average molecular weight is 297 g/mol. The zero-order chi connectivity index (χ0) is 13.9. The fraction of sp³-hybridized carbons (Fsp3) is 0.833. The number of nitrogens with zero attached hydrogens (tertiary/aromatic N) is 4. The van der Waals surface area contributed by atoms with Crippen molar-refractivity contribution >= 4 is 17.7 Å². The normalized spacial score (nSPS) is 25.9. The molecule has 3 rings (SSSR count). The van der Waals surface area contributed by atoms with E-state index in [0.29, 0.717) is 17.0 Å². The second-order valence-electron chi connectivity index (χ2n) is 5.47. The maximum absolute atomic E-state index is 12.0. The molecule has 2 atom stereocenters. The number of hydrogen-bond donors (Lipinski definition) is 2. The molecule has 2 aliphatic rings. The number of aromatic nitrogens is 4. The van der Waals surface area contributed by atoms with Crippen LogP contribution in [0.25, 0.3) is 0 Å². The van der Waals surface area contributed by atoms with E-state index < -0.39 is 0 Å². The molecule has 0 aromatic carbocycles. The highest BCUT2D eigenvalue weighted by molar-refractivity contribution is 7.99. The highest BCUT2D eigenvalue weighted by atomic mass is 32.2. The van der Waals surface area contributed by atoms with Gasteiger partial charge in [-0.2, -0.15) is 0 Å². The molecule has 2 fully saturated rings. The van der Waals surface area contributed by atoms with Crippen LogP contribution in [0.3, 0.4) is 0 Å². The minimum Gasteiger partial charge on any atom is -0.396 e. The lowest BCUT2D eigenvalue weighted by Gasteiger charge is -2.18. The van der Waals surface area contributed by atoms with Crippen molar-refractivity contribution in [2.24, 2.45) is 5.92 Å². The summed E-state index contributed by atoms with van der Waals surface area (Å²) in [7, 11) is 0. The van der Waals surface area contributed by atoms with Gasteiger partial charge >= 0.3 is 0 Å². The summed E-state index contributed by atoms with van der Waals surface area (Å²) < 4.78 is 1.81. The third-order valence-electron chi connectivity index (χ3n) is 3.93. The molecular weight excluding hydrogens is 278 g/mol. The van der Waals surface area contributed by atoms with Gasteiger partial charge in [-0.3, -0.25) is 4.79 Å². The van der Waals surface area contributed by atoms with E-state index in [9.17, 15) is 9.90 Å². The van der Waals surface area contributed by atoms with Crippen LogP contribution in [0.2, 0.25) is 0 Å². The summed E-state index contributed by atoms with van der Waals surface area (Å²) in [6, 6.07) is 0.539. The molecule has 7 nitrogen and oxygen atoms in total. The van der Waals surface area contributed by atoms with E-state index in [2.05, 4.69) is 20.8 Å². The average Bonchev–Trinajstić information content (AvgIpc) is 3.01. The standard InChI is InChI=1S/C12H19N5O2S/c18-6-8-2-1-3-10(8)13-11(19)7-20-12-14-15-16-17(12)9-4-5-9/h8-10,18H,1-7H2,(H,13,19). The van der Waals surface area contributed by atoms with E-state index in [1.54, 1.807) is 0 Å². The van der Waals surface area contributed by atoms with Crippen LogP contribution in [0.5, 0.6) is 0 Å². The highest BCUT2D eigenvalue weighted by Crippen LogP contribution is 2.36. The first-order valence-electron chi connectivity index (χ1n) is 7.09. The molecule has 1 aromatic rings. The van der Waals surface area contributed by atoms with Gasteiger partial charge in [0.15, 0.2) is 0 Å². The number of tetrazole rings is 1. The Morgan fingerprint density at radius 1 is 1.40 bits per heavy atom. The molecule has 0 saturated heterocycles. The van der Waals surface area contributed by atoms with Crippen LogP contribution in [0, 0.1) is 5.92 Å². The molecular formula is C12H19N5O2S. The fourth-order valence-corrected chi connectivity index (χ4v) is 3.41. The van der Waals surface area contributed by atoms with Crippen molar-refractivity contribution in [1.82, 2.24) is 25.5 Å². The molecule has 1 heterocycles. The van der Waals surface area contributed by atoms with Crippen molar-refractivity contribution in [3.8, 4) is 0 Å². The number of carbonyl (C=O) groups is 1. The Bertz CT molecular complexity index is 476. The van der Waals surface area contributed by atoms with Crippen LogP contribution in [0.4, 0.5) is 0 Å². The number of nitrogens with one attached hydrogen (secondary N) is 1. The summed E-state index contributed by atoms with van der Waals surface area (Å²) >= 11 is 1.37. The lowest BCUT2D eigenvalue weighted by molar-refractivity contribution is -0.119. The minimum absolute atomic E-state index is 0.00861. The molecule has 2 N–H and O–H groups in total. The van der Waals surface area contributed by atoms with E-state index in [1.165, 1.54) is 11.8 Å². The number of aliphatic hydroxyl groups is 1. The summed E-state index contributed by atoms with van der Waals surface area (Å²) in [4.78, 5) is 12.0. The lowest BCUT2D eigenvalue weighted by atomic mass is 10.1. The molecule has 2 saturated carbocycles. The second-order valence-corrected chi connectivity index (χ2v) is 6.42. The van der Waals surface area contributed by atoms with Crippen molar-refractivity contribution in [2.45, 2.75) is 49.3 Å². The summed E-state index contributed by atoms with van der Waals surface area (Å²) in [6.07, 6.45) is 5.26. The maximum atomic E-state index is 12.0. The smallest absolute Gasteiger partial charge is 0.230 e. The van der Waals surface area contributed by atoms with Crippen LogP contribution in [-0.4, -0.2) is 49.6 Å². The van der Waals surface area contributed by atoms with Crippen molar-refractivity contribution in [3.05, 3.63) is 0 Å². The van der Waals surface area contributed by atoms with Crippen molar-refractivity contribution in [2.75, 3.05) is 12.4 Å². The van der Waals surface area contributed by atoms with Crippen LogP contribution >= 0.6 is 11.8 Å². The monoisotopic (exact) mass is 297 g/mol. The largest absolute Gasteiger partial charge is 0.396 e. The first kappa shape index (κ1) is 13.8. The third kappa shape index (κ3) is 3.12. The van der Waals surface area contributed by atoms with Gasteiger partial charge in [-0.25, -0.2) is 4.68 Å². The number of hydrogen-bond acceptors (Lipinski definition) is 6. The van der Waals surface area contributed by atoms with Crippen LogP contribution in [0.1, 0.15) is 38.1 Å². The Labute approximate surface area is 121 Å². The molecule has 110 valence electrons. The summed E-state index contributed by atoms with van der Waals surface area (Å²) in [5.74, 6) is 0.522. The minimum atomic E-state index is -0.00861. The summed E-state index contributed by atoms with van der Waals surface area (Å²) in [5.41, 5.74) is 0. The zero-order valence-electron chi connectivity index (χ0n) is 11.2. The van der Waals surface area contributed by atoms with E-state index in [1.807, 2.05) is 4.68 Å². The molecule has 1 aromatic heterocycles. The van der Waals surface area contributed by atoms with Gasteiger partial charge in [0.2, 0.25) is 11.1 Å². The van der Waals surface area contributed by atoms with Crippen LogP contribution < -0.4 is 5.32 Å². The van der Waals surface area contributed by atoms with Crippen molar-refractivity contribution in [1.29, 1.82) is 0 Å². The van der Waals surface area contributed by atoms with E-state index >= 15 is 0 Å². The van der Waals surface area contributed by atoms with Gasteiger partial charge in [-0.1, -0.05) is 18.2 Å². The number of amides is 1. The molecule has 2 unspecified atom stereocenters. The first-order valence-corrected chi connectivity index (χ1v) is 8.07. The maximum Gasteiger partial charge on any atom is 0.230 e. The Morgan fingerprint density at radius 3 is 3.00 bits per heavy atom. The van der Waals surface area contributed by atoms with Crippen molar-refractivity contribution < 1.29 is 9.90 Å². The molecule has 0 radical (unpaired) electrons. The number of aliphatic hydroxyl groups excluding tert-OH is 1. The Hall–Kier alpha value is -1.15. The second kappa shape index (κ2) is 6.09. The highest BCUT2D eigenvalue weighted by Gasteiger charge is 2.29. The number of thioether (sulfide) groups is 1. The fourth-order valence-electron chi connectivity index (χ4n) is 2.65. The molecule has 0 spiro atoms. The van der Waals surface area contributed by atoms with Gasteiger partial charge in [-0.05, 0) is 36.1 Å². The Kier molecular flexibility index (Phi) is 4.21.